The summed E-state index contributed by atoms with van der Waals surface area (Å²) in [6.07, 6.45) is 1.68. The molecule has 0 atom stereocenters. The molecule has 0 spiro atoms. The van der Waals surface area contributed by atoms with Crippen LogP contribution in [0.15, 0.2) is 0 Å². The summed E-state index contributed by atoms with van der Waals surface area (Å²) < 4.78 is 3.86. The zero-order valence-electron chi connectivity index (χ0n) is 4.84. The van der Waals surface area contributed by atoms with E-state index in [1.807, 2.05) is 0 Å². The quantitative estimate of drug-likeness (QED) is 0.284. The highest BCUT2D eigenvalue weighted by atomic mass is 16.5. The van der Waals surface area contributed by atoms with Crippen LogP contribution in [0.2, 0.25) is 0 Å². The molecule has 0 unspecified atom stereocenters. The minimum atomic E-state index is 0.375. The number of ether oxygens (including phenoxy) is 1. The lowest BCUT2D eigenvalue weighted by molar-refractivity contribution is -0.126. The molecule has 0 rings (SSSR count). The van der Waals surface area contributed by atoms with Crippen LogP contribution < -0.4 is 5.32 Å². The van der Waals surface area contributed by atoms with Crippen LogP contribution in [-0.4, -0.2) is 20.6 Å². The molecule has 0 radical (unpaired) electrons. The lowest BCUT2D eigenvalue weighted by Crippen LogP contribution is -1.89. The number of hydrogen-bond donors (Lipinski definition) is 1. The molecule has 4 heteroatoms. The summed E-state index contributed by atoms with van der Waals surface area (Å²) in [4.78, 5) is 8.95. The molecule has 0 amide bonds. The number of methoxy groups -OCH3 is 1. The molecule has 0 saturated heterocycles. The Kier molecular flexibility index (Phi) is 21.2. The fourth-order valence-electron chi connectivity index (χ4n) is 0. The molecule has 0 bridgehead atoms. The summed E-state index contributed by atoms with van der Waals surface area (Å²) in [6, 6.07) is 0. The Hall–Kier alpha value is -1.24. The van der Waals surface area contributed by atoms with E-state index in [4.69, 9.17) is 10.1 Å². The molecule has 0 aliphatic rings. The number of hydrogen-bond acceptors (Lipinski definition) is 4. The summed E-state index contributed by atoms with van der Waals surface area (Å²) in [7, 11) is 2.88. The molecule has 0 aromatic rings. The van der Waals surface area contributed by atoms with E-state index >= 15 is 0 Å². The number of carbonyl (C=O) groups is 1. The molecule has 0 fully saturated rings. The van der Waals surface area contributed by atoms with E-state index in [9.17, 15) is 0 Å². The summed E-state index contributed by atoms with van der Waals surface area (Å²) >= 11 is 0. The summed E-state index contributed by atoms with van der Waals surface area (Å²) in [5.41, 5.74) is 0. The molecule has 0 saturated carbocycles. The van der Waals surface area contributed by atoms with Gasteiger partial charge in [0.2, 0.25) is 0 Å². The second kappa shape index (κ2) is 17.1. The highest BCUT2D eigenvalue weighted by Gasteiger charge is 1.44. The number of nitrogens with zero attached hydrogens (tertiary/aromatic N) is 1. The van der Waals surface area contributed by atoms with E-state index in [1.54, 1.807) is 13.2 Å². The predicted octanol–water partition coefficient (Wildman–Crippen LogP) is -0.524. The van der Waals surface area contributed by atoms with Crippen LogP contribution in [0, 0.1) is 11.5 Å². The second-order valence-electron chi connectivity index (χ2n) is 0.694. The Morgan fingerprint density at radius 3 is 2.12 bits per heavy atom. The third kappa shape index (κ3) is 117. The SMILES string of the molecule is CNC#N.COC=O. The van der Waals surface area contributed by atoms with Crippen LogP contribution >= 0.6 is 0 Å². The fourth-order valence-corrected chi connectivity index (χ4v) is 0. The van der Waals surface area contributed by atoms with Crippen LogP contribution in [0.1, 0.15) is 0 Å². The van der Waals surface area contributed by atoms with Gasteiger partial charge in [-0.15, -0.1) is 0 Å². The average molecular weight is 116 g/mol. The van der Waals surface area contributed by atoms with Crippen molar-refractivity contribution in [2.24, 2.45) is 0 Å². The van der Waals surface area contributed by atoms with Crippen molar-refractivity contribution in [3.05, 3.63) is 0 Å². The molecule has 8 heavy (non-hydrogen) atoms. The molecule has 0 heterocycles. The van der Waals surface area contributed by atoms with Crippen LogP contribution in [0.4, 0.5) is 0 Å². The maximum atomic E-state index is 8.95. The molecule has 0 aromatic heterocycles. The minimum Gasteiger partial charge on any atom is -0.471 e. The van der Waals surface area contributed by atoms with Gasteiger partial charge in [-0.25, -0.2) is 0 Å². The van der Waals surface area contributed by atoms with E-state index in [2.05, 4.69) is 10.1 Å². The Balaban J connectivity index is 0. The summed E-state index contributed by atoms with van der Waals surface area (Å²) in [6.45, 7) is 0.375. The molecular formula is C4H8N2O2. The number of carbonyl (C=O) groups excluding carboxylic acids is 1. The van der Waals surface area contributed by atoms with Crippen molar-refractivity contribution in [3.63, 3.8) is 0 Å². The maximum Gasteiger partial charge on any atom is 0.292 e. The van der Waals surface area contributed by atoms with Crippen molar-refractivity contribution in [2.75, 3.05) is 14.2 Å². The first-order chi connectivity index (χ1) is 3.83. The van der Waals surface area contributed by atoms with Crippen molar-refractivity contribution in [3.8, 4) is 6.19 Å². The topological polar surface area (TPSA) is 62.1 Å². The Morgan fingerprint density at radius 1 is 1.88 bits per heavy atom. The van der Waals surface area contributed by atoms with Gasteiger partial charge in [0.05, 0.1) is 7.11 Å². The largest absolute Gasteiger partial charge is 0.471 e. The fraction of sp³-hybridized carbons (Fsp3) is 0.500. The first-order valence-corrected chi connectivity index (χ1v) is 1.85. The normalized spacial score (nSPS) is 4.62. The molecular weight excluding hydrogens is 108 g/mol. The Morgan fingerprint density at radius 2 is 2.12 bits per heavy atom. The van der Waals surface area contributed by atoms with Gasteiger partial charge in [-0.1, -0.05) is 0 Å². The molecule has 0 aliphatic carbocycles. The molecule has 1 N–H and O–H groups in total. The number of nitriles is 1. The first-order valence-electron chi connectivity index (χ1n) is 1.85. The van der Waals surface area contributed by atoms with Gasteiger partial charge >= 0.3 is 0 Å². The third-order valence-corrected chi connectivity index (χ3v) is 0.208. The molecule has 46 valence electrons. The van der Waals surface area contributed by atoms with Crippen LogP contribution in [0.3, 0.4) is 0 Å². The van der Waals surface area contributed by atoms with E-state index in [0.29, 0.717) is 6.47 Å². The van der Waals surface area contributed by atoms with Crippen LogP contribution in [0.5, 0.6) is 0 Å². The standard InChI is InChI=1S/C2H4N2.C2H4O2/c2*1-4-2-3/h4H,1H3;2H,1H3. The molecule has 4 nitrogen and oxygen atoms in total. The minimum absolute atomic E-state index is 0.375. The van der Waals surface area contributed by atoms with E-state index in [1.165, 1.54) is 7.11 Å². The van der Waals surface area contributed by atoms with Gasteiger partial charge in [0, 0.05) is 7.05 Å². The summed E-state index contributed by atoms with van der Waals surface area (Å²) in [5, 5.41) is 9.75. The zero-order chi connectivity index (χ0) is 6.83. The van der Waals surface area contributed by atoms with E-state index in [-0.39, 0.29) is 0 Å². The first kappa shape index (κ1) is 9.90. The van der Waals surface area contributed by atoms with Crippen molar-refractivity contribution in [1.82, 2.24) is 5.32 Å². The van der Waals surface area contributed by atoms with Gasteiger partial charge in [0.25, 0.3) is 6.47 Å². The second-order valence-corrected chi connectivity index (χ2v) is 0.694. The lowest BCUT2D eigenvalue weighted by atomic mass is 11.2. The lowest BCUT2D eigenvalue weighted by Gasteiger charge is -1.67. The highest BCUT2D eigenvalue weighted by Crippen LogP contribution is 1.35. The molecule has 0 aliphatic heterocycles. The average Bonchev–Trinajstić information content (AvgIpc) is 1.88. The smallest absolute Gasteiger partial charge is 0.292 e. The van der Waals surface area contributed by atoms with Crippen molar-refractivity contribution >= 4 is 6.47 Å². The van der Waals surface area contributed by atoms with Crippen molar-refractivity contribution in [2.45, 2.75) is 0 Å². The Bertz CT molecular complexity index is 76.6. The monoisotopic (exact) mass is 116 g/mol. The maximum absolute atomic E-state index is 8.95. The van der Waals surface area contributed by atoms with Crippen LogP contribution in [0.25, 0.3) is 0 Å². The Labute approximate surface area is 48.1 Å². The predicted molar refractivity (Wildman–Crippen MR) is 27.7 cm³/mol. The van der Waals surface area contributed by atoms with Gasteiger partial charge in [-0.3, -0.25) is 4.79 Å². The molecule has 0 aromatic carbocycles. The summed E-state index contributed by atoms with van der Waals surface area (Å²) in [5.74, 6) is 0. The highest BCUT2D eigenvalue weighted by molar-refractivity contribution is 5.36. The van der Waals surface area contributed by atoms with Gasteiger partial charge in [0.1, 0.15) is 0 Å². The van der Waals surface area contributed by atoms with E-state index < -0.39 is 0 Å². The van der Waals surface area contributed by atoms with Gasteiger partial charge in [-0.2, -0.15) is 5.26 Å². The van der Waals surface area contributed by atoms with Gasteiger partial charge in [-0.05, 0) is 0 Å². The zero-order valence-corrected chi connectivity index (χ0v) is 4.84. The van der Waals surface area contributed by atoms with Crippen molar-refractivity contribution < 1.29 is 9.53 Å². The van der Waals surface area contributed by atoms with Gasteiger partial charge in [0.15, 0.2) is 6.19 Å². The number of rotatable bonds is 1. The van der Waals surface area contributed by atoms with Gasteiger partial charge < -0.3 is 10.1 Å². The van der Waals surface area contributed by atoms with Crippen molar-refractivity contribution in [1.29, 1.82) is 5.26 Å². The third-order valence-electron chi connectivity index (χ3n) is 0.208. The van der Waals surface area contributed by atoms with E-state index in [0.717, 1.165) is 0 Å². The number of nitrogens with one attached hydrogen (secondary N) is 1. The van der Waals surface area contributed by atoms with Crippen LogP contribution in [-0.2, 0) is 9.53 Å².